The van der Waals surface area contributed by atoms with E-state index in [4.69, 9.17) is 0 Å². The molecule has 1 aliphatic carbocycles. The van der Waals surface area contributed by atoms with Crippen molar-refractivity contribution in [3.63, 3.8) is 0 Å². The lowest BCUT2D eigenvalue weighted by Crippen LogP contribution is -2.32. The van der Waals surface area contributed by atoms with Crippen molar-refractivity contribution in [2.24, 2.45) is 5.92 Å². The summed E-state index contributed by atoms with van der Waals surface area (Å²) in [4.78, 5) is 23.0. The molecule has 1 fully saturated rings. The second kappa shape index (κ2) is 6.37. The van der Waals surface area contributed by atoms with Gasteiger partial charge in [-0.15, -0.1) is 11.3 Å². The number of aromatic nitrogens is 2. The van der Waals surface area contributed by atoms with E-state index in [1.165, 1.54) is 16.7 Å². The van der Waals surface area contributed by atoms with Crippen LogP contribution >= 0.6 is 11.3 Å². The van der Waals surface area contributed by atoms with Crippen molar-refractivity contribution >= 4 is 17.2 Å². The highest BCUT2D eigenvalue weighted by atomic mass is 32.1. The van der Waals surface area contributed by atoms with Crippen LogP contribution in [0.3, 0.4) is 0 Å². The predicted molar refractivity (Wildman–Crippen MR) is 88.7 cm³/mol. The highest BCUT2D eigenvalue weighted by Crippen LogP contribution is 2.29. The second-order valence-corrected chi connectivity index (χ2v) is 7.29. The van der Waals surface area contributed by atoms with E-state index in [-0.39, 0.29) is 11.8 Å². The van der Waals surface area contributed by atoms with E-state index in [1.54, 1.807) is 11.3 Å². The molecule has 0 aromatic carbocycles. The van der Waals surface area contributed by atoms with Crippen molar-refractivity contribution in [2.45, 2.75) is 38.9 Å². The van der Waals surface area contributed by atoms with Gasteiger partial charge in [0.2, 0.25) is 5.91 Å². The Labute approximate surface area is 139 Å². The number of hydrogen-bond acceptors (Lipinski definition) is 5. The van der Waals surface area contributed by atoms with Gasteiger partial charge < -0.3 is 5.32 Å². The molecule has 23 heavy (non-hydrogen) atoms. The number of nitrogens with one attached hydrogen (secondary N) is 1. The molecule has 4 rings (SSSR count). The summed E-state index contributed by atoms with van der Waals surface area (Å²) in [7, 11) is 0. The van der Waals surface area contributed by atoms with Crippen molar-refractivity contribution < 1.29 is 4.79 Å². The Morgan fingerprint density at radius 1 is 1.39 bits per heavy atom. The quantitative estimate of drug-likeness (QED) is 0.913. The molecular formula is C17H20N4OS. The molecule has 1 saturated carbocycles. The van der Waals surface area contributed by atoms with Crippen molar-refractivity contribution in [1.29, 1.82) is 0 Å². The van der Waals surface area contributed by atoms with Gasteiger partial charge in [0.25, 0.3) is 0 Å². The molecule has 1 N–H and O–H groups in total. The molecule has 5 nitrogen and oxygen atoms in total. The van der Waals surface area contributed by atoms with Gasteiger partial charge in [-0.2, -0.15) is 0 Å². The van der Waals surface area contributed by atoms with Gasteiger partial charge >= 0.3 is 0 Å². The summed E-state index contributed by atoms with van der Waals surface area (Å²) >= 11 is 1.71. The van der Waals surface area contributed by atoms with Crippen LogP contribution in [-0.4, -0.2) is 27.3 Å². The fraction of sp³-hybridized carbons (Fsp3) is 0.471. The molecule has 1 amide bonds. The van der Waals surface area contributed by atoms with Crippen LogP contribution in [0.25, 0.3) is 0 Å². The predicted octanol–water partition coefficient (Wildman–Crippen LogP) is 2.12. The molecular weight excluding hydrogens is 308 g/mol. The third-order valence-electron chi connectivity index (χ3n) is 4.55. The Morgan fingerprint density at radius 3 is 3.09 bits per heavy atom. The Balaban J connectivity index is 1.42. The second-order valence-electron chi connectivity index (χ2n) is 6.31. The number of nitrogens with zero attached hydrogens (tertiary/aromatic N) is 3. The van der Waals surface area contributed by atoms with E-state index in [9.17, 15) is 4.79 Å². The topological polar surface area (TPSA) is 58.1 Å². The van der Waals surface area contributed by atoms with Gasteiger partial charge in [-0.25, -0.2) is 4.98 Å². The van der Waals surface area contributed by atoms with Crippen molar-refractivity contribution in [3.05, 3.63) is 45.7 Å². The van der Waals surface area contributed by atoms with Crippen LogP contribution in [0.2, 0.25) is 0 Å². The first-order chi connectivity index (χ1) is 11.3. The minimum absolute atomic E-state index is 0.198. The molecule has 2 aromatic heterocycles. The first-order valence-electron chi connectivity index (χ1n) is 8.12. The lowest BCUT2D eigenvalue weighted by atomic mass is 9.97. The van der Waals surface area contributed by atoms with Gasteiger partial charge in [-0.3, -0.25) is 14.7 Å². The summed E-state index contributed by atoms with van der Waals surface area (Å²) in [6.07, 6.45) is 8.83. The molecule has 2 aliphatic rings. The monoisotopic (exact) mass is 328 g/mol. The van der Waals surface area contributed by atoms with Gasteiger partial charge in [-0.05, 0) is 36.0 Å². The van der Waals surface area contributed by atoms with Crippen LogP contribution in [0, 0.1) is 5.92 Å². The maximum atomic E-state index is 11.8. The largest absolute Gasteiger partial charge is 0.352 e. The van der Waals surface area contributed by atoms with Crippen molar-refractivity contribution in [3.8, 4) is 0 Å². The normalized spacial score (nSPS) is 17.7. The number of carbonyl (C=O) groups is 1. The zero-order valence-electron chi connectivity index (χ0n) is 13.0. The zero-order chi connectivity index (χ0) is 15.6. The SMILES string of the molecule is O=C(NCc1cncc2c1CCN(Cc1nccs1)C2)C1CC1. The molecule has 0 bridgehead atoms. The Kier molecular flexibility index (Phi) is 4.10. The maximum Gasteiger partial charge on any atom is 0.223 e. The molecule has 0 radical (unpaired) electrons. The van der Waals surface area contributed by atoms with Gasteiger partial charge in [0, 0.05) is 49.5 Å². The minimum atomic E-state index is 0.198. The van der Waals surface area contributed by atoms with Crippen molar-refractivity contribution in [1.82, 2.24) is 20.2 Å². The summed E-state index contributed by atoms with van der Waals surface area (Å²) in [5, 5.41) is 6.24. The van der Waals surface area contributed by atoms with E-state index in [0.29, 0.717) is 6.54 Å². The van der Waals surface area contributed by atoms with Crippen LogP contribution in [-0.2, 0) is 30.8 Å². The molecule has 0 atom stereocenters. The summed E-state index contributed by atoms with van der Waals surface area (Å²) in [5.74, 6) is 0.458. The first kappa shape index (κ1) is 14.8. The van der Waals surface area contributed by atoms with Crippen LogP contribution < -0.4 is 5.32 Å². The smallest absolute Gasteiger partial charge is 0.223 e. The van der Waals surface area contributed by atoms with E-state index in [2.05, 4.69) is 20.2 Å². The molecule has 3 heterocycles. The highest BCUT2D eigenvalue weighted by molar-refractivity contribution is 7.09. The molecule has 0 saturated heterocycles. The molecule has 120 valence electrons. The van der Waals surface area contributed by atoms with Crippen LogP contribution in [0.4, 0.5) is 0 Å². The van der Waals surface area contributed by atoms with E-state index in [0.717, 1.165) is 43.9 Å². The van der Waals surface area contributed by atoms with E-state index >= 15 is 0 Å². The zero-order valence-corrected chi connectivity index (χ0v) is 13.8. The summed E-state index contributed by atoms with van der Waals surface area (Å²) < 4.78 is 0. The van der Waals surface area contributed by atoms with E-state index < -0.39 is 0 Å². The average Bonchev–Trinajstić information content (AvgIpc) is 3.30. The lowest BCUT2D eigenvalue weighted by Gasteiger charge is -2.29. The first-order valence-corrected chi connectivity index (χ1v) is 9.00. The van der Waals surface area contributed by atoms with Gasteiger partial charge in [0.1, 0.15) is 5.01 Å². The maximum absolute atomic E-state index is 11.8. The third kappa shape index (κ3) is 3.43. The van der Waals surface area contributed by atoms with Gasteiger partial charge in [0.15, 0.2) is 0 Å². The third-order valence-corrected chi connectivity index (χ3v) is 5.32. The van der Waals surface area contributed by atoms with Gasteiger partial charge in [0.05, 0.1) is 6.54 Å². The fourth-order valence-electron chi connectivity index (χ4n) is 3.11. The van der Waals surface area contributed by atoms with Crippen LogP contribution in [0.15, 0.2) is 24.0 Å². The number of rotatable bonds is 5. The lowest BCUT2D eigenvalue weighted by molar-refractivity contribution is -0.122. The molecule has 1 aliphatic heterocycles. The number of carbonyl (C=O) groups excluding carboxylic acids is 1. The Bertz CT molecular complexity index is 697. The fourth-order valence-corrected chi connectivity index (χ4v) is 3.77. The number of fused-ring (bicyclic) bond motifs is 1. The Hall–Kier alpha value is -1.79. The van der Waals surface area contributed by atoms with Crippen LogP contribution in [0.1, 0.15) is 34.5 Å². The van der Waals surface area contributed by atoms with Crippen LogP contribution in [0.5, 0.6) is 0 Å². The minimum Gasteiger partial charge on any atom is -0.352 e. The number of pyridine rings is 1. The molecule has 0 spiro atoms. The number of amides is 1. The highest BCUT2D eigenvalue weighted by Gasteiger charge is 2.29. The van der Waals surface area contributed by atoms with E-state index in [1.807, 2.05) is 24.0 Å². The number of thiazole rings is 1. The summed E-state index contributed by atoms with van der Waals surface area (Å²) in [5.41, 5.74) is 3.82. The molecule has 6 heteroatoms. The van der Waals surface area contributed by atoms with Crippen molar-refractivity contribution in [2.75, 3.05) is 6.54 Å². The number of hydrogen-bond donors (Lipinski definition) is 1. The summed E-state index contributed by atoms with van der Waals surface area (Å²) in [6.45, 7) is 3.45. The van der Waals surface area contributed by atoms with Gasteiger partial charge in [-0.1, -0.05) is 0 Å². The summed E-state index contributed by atoms with van der Waals surface area (Å²) in [6, 6.07) is 0. The molecule has 2 aromatic rings. The standard InChI is InChI=1S/C17H20N4OS/c22-17(12-1-2-12)20-9-13-7-18-8-14-10-21(5-3-15(13)14)11-16-19-4-6-23-16/h4,6-8,12H,1-3,5,9-11H2,(H,20,22). The average molecular weight is 328 g/mol. The Morgan fingerprint density at radius 2 is 2.30 bits per heavy atom. The molecule has 0 unspecified atom stereocenters.